The van der Waals surface area contributed by atoms with Crippen LogP contribution in [0, 0.1) is 6.92 Å². The van der Waals surface area contributed by atoms with Gasteiger partial charge < -0.3 is 20.3 Å². The molecule has 6 nitrogen and oxygen atoms in total. The first-order valence-electron chi connectivity index (χ1n) is 11.5. The normalized spacial score (nSPS) is 14.1. The number of hydrogen-bond acceptors (Lipinski definition) is 5. The number of methoxy groups -OCH3 is 1. The molecule has 4 rings (SSSR count). The third-order valence-electron chi connectivity index (χ3n) is 5.98. The van der Waals surface area contributed by atoms with Gasteiger partial charge in [-0.3, -0.25) is 4.79 Å². The van der Waals surface area contributed by atoms with E-state index >= 15 is 0 Å². The van der Waals surface area contributed by atoms with Gasteiger partial charge in [0.05, 0.1) is 11.6 Å². The molecule has 3 aromatic rings. The molecule has 1 saturated heterocycles. The highest BCUT2D eigenvalue weighted by molar-refractivity contribution is 7.80. The summed E-state index contributed by atoms with van der Waals surface area (Å²) < 4.78 is 5.07. The van der Waals surface area contributed by atoms with Gasteiger partial charge in [-0.05, 0) is 49.7 Å². The largest absolute Gasteiger partial charge is 0.383 e. The van der Waals surface area contributed by atoms with E-state index < -0.39 is 0 Å². The minimum atomic E-state index is -0.176. The molecule has 1 fully saturated rings. The van der Waals surface area contributed by atoms with Crippen LogP contribution < -0.4 is 10.6 Å². The Morgan fingerprint density at radius 3 is 2.71 bits per heavy atom. The van der Waals surface area contributed by atoms with E-state index in [0.717, 1.165) is 58.4 Å². The van der Waals surface area contributed by atoms with E-state index in [-0.39, 0.29) is 5.91 Å². The number of piperidine rings is 1. The predicted molar refractivity (Wildman–Crippen MR) is 143 cm³/mol. The quantitative estimate of drug-likeness (QED) is 0.353. The second-order valence-electron chi connectivity index (χ2n) is 8.43. The molecule has 0 bridgehead atoms. The van der Waals surface area contributed by atoms with Crippen molar-refractivity contribution in [2.45, 2.75) is 25.7 Å². The number of nitrogens with zero attached hydrogens (tertiary/aromatic N) is 2. The van der Waals surface area contributed by atoms with Gasteiger partial charge in [0.25, 0.3) is 5.91 Å². The Bertz CT molecular complexity index is 1120. The fourth-order valence-electron chi connectivity index (χ4n) is 4.09. The lowest BCUT2D eigenvalue weighted by atomic mass is 9.98. The molecule has 1 aliphatic rings. The Kier molecular flexibility index (Phi) is 8.26. The van der Waals surface area contributed by atoms with E-state index in [0.29, 0.717) is 24.8 Å². The van der Waals surface area contributed by atoms with Crippen LogP contribution in [0.5, 0.6) is 0 Å². The van der Waals surface area contributed by atoms with Gasteiger partial charge in [-0.25, -0.2) is 4.98 Å². The molecule has 8 heteroatoms. The molecule has 0 aliphatic carbocycles. The van der Waals surface area contributed by atoms with E-state index in [1.807, 2.05) is 35.7 Å². The van der Waals surface area contributed by atoms with Crippen molar-refractivity contribution < 1.29 is 9.53 Å². The zero-order chi connectivity index (χ0) is 23.9. The second-order valence-corrected chi connectivity index (χ2v) is 9.70. The minimum Gasteiger partial charge on any atom is -0.383 e. The molecule has 0 unspecified atom stereocenters. The maximum Gasteiger partial charge on any atom is 0.275 e. The first-order valence-corrected chi connectivity index (χ1v) is 12.8. The monoisotopic (exact) mass is 494 g/mol. The fourth-order valence-corrected chi connectivity index (χ4v) is 5.35. The number of amides is 1. The van der Waals surface area contributed by atoms with E-state index in [2.05, 4.69) is 40.7 Å². The number of thiazole rings is 1. The molecule has 1 aromatic heterocycles. The predicted octanol–water partition coefficient (Wildman–Crippen LogP) is 5.07. The van der Waals surface area contributed by atoms with Crippen molar-refractivity contribution in [2.24, 2.45) is 0 Å². The molecule has 0 saturated carbocycles. The van der Waals surface area contributed by atoms with E-state index in [1.54, 1.807) is 18.4 Å². The summed E-state index contributed by atoms with van der Waals surface area (Å²) in [6, 6.07) is 16.2. The molecule has 1 amide bonds. The third kappa shape index (κ3) is 6.00. The van der Waals surface area contributed by atoms with Crippen LogP contribution in [0.15, 0.2) is 53.9 Å². The molecule has 0 atom stereocenters. The standard InChI is InChI=1S/C26H30N4O2S2/c1-18-8-9-22(21(16-18)19-6-4-3-5-7-19)28-24(31)23-17-34-25(29-23)20-10-13-30(14-11-20)26(33)27-12-15-32-2/h3-9,16-17,20H,10-15H2,1-2H3,(H,27,33)(H,28,31). The number of likely N-dealkylation sites (tertiary alicyclic amines) is 1. The Hall–Kier alpha value is -2.81. The van der Waals surface area contributed by atoms with Gasteiger partial charge in [0, 0.05) is 49.3 Å². The van der Waals surface area contributed by atoms with Crippen LogP contribution >= 0.6 is 23.6 Å². The zero-order valence-corrected chi connectivity index (χ0v) is 21.2. The first kappa shape index (κ1) is 24.3. The van der Waals surface area contributed by atoms with Crippen molar-refractivity contribution in [1.29, 1.82) is 0 Å². The number of benzene rings is 2. The summed E-state index contributed by atoms with van der Waals surface area (Å²) in [5.41, 5.74) is 4.49. The molecule has 178 valence electrons. The average molecular weight is 495 g/mol. The number of aryl methyl sites for hydroxylation is 1. The summed E-state index contributed by atoms with van der Waals surface area (Å²) in [5.74, 6) is 0.174. The number of ether oxygens (including phenoxy) is 1. The van der Waals surface area contributed by atoms with Gasteiger partial charge in [-0.1, -0.05) is 42.0 Å². The number of hydrogen-bond donors (Lipinski definition) is 2. The van der Waals surface area contributed by atoms with Crippen molar-refractivity contribution in [3.05, 3.63) is 70.2 Å². The number of carbonyl (C=O) groups excluding carboxylic acids is 1. The maximum atomic E-state index is 13.0. The molecule has 0 spiro atoms. The summed E-state index contributed by atoms with van der Waals surface area (Å²) >= 11 is 7.06. The highest BCUT2D eigenvalue weighted by Crippen LogP contribution is 2.32. The first-order chi connectivity index (χ1) is 16.5. The molecule has 2 N–H and O–H groups in total. The van der Waals surface area contributed by atoms with Crippen LogP contribution in [-0.4, -0.2) is 54.3 Å². The molecule has 0 radical (unpaired) electrons. The van der Waals surface area contributed by atoms with Gasteiger partial charge in [0.1, 0.15) is 5.69 Å². The molecular weight excluding hydrogens is 464 g/mol. The van der Waals surface area contributed by atoms with Gasteiger partial charge in [0.15, 0.2) is 5.11 Å². The Labute approximate surface area is 210 Å². The summed E-state index contributed by atoms with van der Waals surface area (Å²) in [5, 5.41) is 9.98. The van der Waals surface area contributed by atoms with Gasteiger partial charge in [-0.2, -0.15) is 0 Å². The average Bonchev–Trinajstić information content (AvgIpc) is 3.36. The van der Waals surface area contributed by atoms with Gasteiger partial charge in [0.2, 0.25) is 0 Å². The third-order valence-corrected chi connectivity index (χ3v) is 7.39. The summed E-state index contributed by atoms with van der Waals surface area (Å²) in [4.78, 5) is 19.9. The smallest absolute Gasteiger partial charge is 0.275 e. The molecular formula is C26H30N4O2S2. The number of thiocarbonyl (C=S) groups is 1. The maximum absolute atomic E-state index is 13.0. The number of anilines is 1. The van der Waals surface area contributed by atoms with E-state index in [1.165, 1.54) is 0 Å². The van der Waals surface area contributed by atoms with Crippen molar-refractivity contribution >= 4 is 40.3 Å². The van der Waals surface area contributed by atoms with Gasteiger partial charge >= 0.3 is 0 Å². The summed E-state index contributed by atoms with van der Waals surface area (Å²) in [6.45, 7) is 5.17. The van der Waals surface area contributed by atoms with Crippen LogP contribution in [0.2, 0.25) is 0 Å². The molecule has 2 heterocycles. The Balaban J connectivity index is 1.38. The van der Waals surface area contributed by atoms with Crippen molar-refractivity contribution in [3.8, 4) is 11.1 Å². The van der Waals surface area contributed by atoms with Crippen LogP contribution in [0.3, 0.4) is 0 Å². The van der Waals surface area contributed by atoms with Crippen LogP contribution in [0.25, 0.3) is 11.1 Å². The number of aromatic nitrogens is 1. The minimum absolute atomic E-state index is 0.176. The van der Waals surface area contributed by atoms with Crippen molar-refractivity contribution in [1.82, 2.24) is 15.2 Å². The van der Waals surface area contributed by atoms with Crippen LogP contribution in [0.4, 0.5) is 5.69 Å². The Morgan fingerprint density at radius 1 is 1.21 bits per heavy atom. The summed E-state index contributed by atoms with van der Waals surface area (Å²) in [7, 11) is 1.68. The highest BCUT2D eigenvalue weighted by Gasteiger charge is 2.25. The molecule has 34 heavy (non-hydrogen) atoms. The van der Waals surface area contributed by atoms with E-state index in [9.17, 15) is 4.79 Å². The zero-order valence-electron chi connectivity index (χ0n) is 19.5. The van der Waals surface area contributed by atoms with Crippen molar-refractivity contribution in [2.75, 3.05) is 38.7 Å². The molecule has 1 aliphatic heterocycles. The topological polar surface area (TPSA) is 66.5 Å². The lowest BCUT2D eigenvalue weighted by Gasteiger charge is -2.33. The van der Waals surface area contributed by atoms with Crippen molar-refractivity contribution in [3.63, 3.8) is 0 Å². The second kappa shape index (κ2) is 11.6. The number of rotatable bonds is 7. The lowest BCUT2D eigenvalue weighted by molar-refractivity contribution is 0.102. The molecule has 2 aromatic carbocycles. The number of nitrogens with one attached hydrogen (secondary N) is 2. The fraction of sp³-hybridized carbons (Fsp3) is 0.346. The highest BCUT2D eigenvalue weighted by atomic mass is 32.1. The Morgan fingerprint density at radius 2 is 1.97 bits per heavy atom. The van der Waals surface area contributed by atoms with Crippen LogP contribution in [-0.2, 0) is 4.74 Å². The van der Waals surface area contributed by atoms with Gasteiger partial charge in [-0.15, -0.1) is 11.3 Å². The lowest BCUT2D eigenvalue weighted by Crippen LogP contribution is -2.44. The van der Waals surface area contributed by atoms with E-state index in [4.69, 9.17) is 21.9 Å². The number of carbonyl (C=O) groups is 1. The summed E-state index contributed by atoms with van der Waals surface area (Å²) in [6.07, 6.45) is 1.94. The SMILES string of the molecule is COCCNC(=S)N1CCC(c2nc(C(=O)Nc3ccc(C)cc3-c3ccccc3)cs2)CC1. The van der Waals surface area contributed by atoms with Crippen LogP contribution in [0.1, 0.15) is 39.8 Å².